The van der Waals surface area contributed by atoms with Gasteiger partial charge in [0.15, 0.2) is 0 Å². The van der Waals surface area contributed by atoms with Gasteiger partial charge in [-0.1, -0.05) is 30.3 Å². The Labute approximate surface area is 155 Å². The summed E-state index contributed by atoms with van der Waals surface area (Å²) in [6.07, 6.45) is 4.14. The number of benzene rings is 2. The van der Waals surface area contributed by atoms with Crippen molar-refractivity contribution in [1.82, 2.24) is 0 Å². The smallest absolute Gasteiger partial charge is 0.224 e. The first-order valence-electron chi connectivity index (χ1n) is 8.97. The summed E-state index contributed by atoms with van der Waals surface area (Å²) in [5, 5.41) is 11.2. The number of rotatable bonds is 4. The third kappa shape index (κ3) is 3.40. The second-order valence-electron chi connectivity index (χ2n) is 6.70. The molecule has 1 aliphatic rings. The van der Waals surface area contributed by atoms with Gasteiger partial charge in [-0.2, -0.15) is 0 Å². The predicted molar refractivity (Wildman–Crippen MR) is 109 cm³/mol. The lowest BCUT2D eigenvalue weighted by Gasteiger charge is -2.39. The Bertz CT molecular complexity index is 842. The Morgan fingerprint density at radius 1 is 1.23 bits per heavy atom. The molecule has 0 radical (unpaired) electrons. The number of hydrogen-bond donors (Lipinski definition) is 2. The van der Waals surface area contributed by atoms with Gasteiger partial charge in [0.25, 0.3) is 0 Å². The molecule has 2 N–H and O–H groups in total. The molecule has 0 aromatic heterocycles. The first-order valence-corrected chi connectivity index (χ1v) is 8.97. The molecule has 0 bridgehead atoms. The van der Waals surface area contributed by atoms with Crippen LogP contribution >= 0.6 is 0 Å². The van der Waals surface area contributed by atoms with E-state index in [1.165, 1.54) is 6.21 Å². The quantitative estimate of drug-likeness (QED) is 0.762. The van der Waals surface area contributed by atoms with Crippen LogP contribution in [0.15, 0.2) is 54.6 Å². The van der Waals surface area contributed by atoms with Crippen LogP contribution in [0.25, 0.3) is 5.57 Å². The number of allylic oxidation sites excluding steroid dienone is 2. The van der Waals surface area contributed by atoms with E-state index in [1.54, 1.807) is 6.92 Å². The van der Waals surface area contributed by atoms with Gasteiger partial charge in [0.1, 0.15) is 0 Å². The van der Waals surface area contributed by atoms with Crippen LogP contribution in [0.1, 0.15) is 44.4 Å². The van der Waals surface area contributed by atoms with Crippen LogP contribution in [0.3, 0.4) is 0 Å². The molecule has 1 aliphatic heterocycles. The van der Waals surface area contributed by atoms with E-state index in [4.69, 9.17) is 5.41 Å². The highest BCUT2D eigenvalue weighted by Crippen LogP contribution is 2.40. The average molecular weight is 347 g/mol. The summed E-state index contributed by atoms with van der Waals surface area (Å²) in [4.78, 5) is 14.1. The van der Waals surface area contributed by atoms with E-state index in [9.17, 15) is 4.79 Å². The highest BCUT2D eigenvalue weighted by Gasteiger charge is 2.32. The van der Waals surface area contributed by atoms with Gasteiger partial charge in [-0.3, -0.25) is 4.79 Å². The summed E-state index contributed by atoms with van der Waals surface area (Å²) >= 11 is 0. The van der Waals surface area contributed by atoms with Crippen LogP contribution in [0, 0.1) is 5.41 Å². The van der Waals surface area contributed by atoms with E-state index in [2.05, 4.69) is 30.4 Å². The summed E-state index contributed by atoms with van der Waals surface area (Å²) in [5.41, 5.74) is 4.99. The lowest BCUT2D eigenvalue weighted by molar-refractivity contribution is -0.117. The molecule has 0 saturated heterocycles. The maximum Gasteiger partial charge on any atom is 0.224 e. The van der Waals surface area contributed by atoms with E-state index in [1.807, 2.05) is 48.2 Å². The molecule has 2 aromatic carbocycles. The van der Waals surface area contributed by atoms with Gasteiger partial charge in [-0.15, -0.1) is 0 Å². The van der Waals surface area contributed by atoms with Crippen molar-refractivity contribution >= 4 is 29.1 Å². The maximum absolute atomic E-state index is 12.2. The van der Waals surface area contributed by atoms with Crippen LogP contribution in [-0.4, -0.2) is 18.2 Å². The van der Waals surface area contributed by atoms with Crippen molar-refractivity contribution in [1.29, 1.82) is 5.41 Å². The van der Waals surface area contributed by atoms with Crippen LogP contribution < -0.4 is 10.2 Å². The molecule has 4 heteroatoms. The minimum atomic E-state index is 0.0583. The van der Waals surface area contributed by atoms with Crippen molar-refractivity contribution in [2.75, 3.05) is 10.2 Å². The fourth-order valence-electron chi connectivity index (χ4n) is 3.73. The maximum atomic E-state index is 12.2. The van der Waals surface area contributed by atoms with E-state index in [0.717, 1.165) is 34.5 Å². The number of para-hydroxylation sites is 1. The van der Waals surface area contributed by atoms with Crippen molar-refractivity contribution in [3.8, 4) is 0 Å². The summed E-state index contributed by atoms with van der Waals surface area (Å²) in [5.74, 6) is 0.0583. The van der Waals surface area contributed by atoms with Gasteiger partial charge in [0.05, 0.1) is 6.04 Å². The molecule has 4 nitrogen and oxygen atoms in total. The van der Waals surface area contributed by atoms with Gasteiger partial charge in [0, 0.05) is 30.6 Å². The third-order valence-electron chi connectivity index (χ3n) is 4.93. The number of nitrogens with zero attached hydrogens (tertiary/aromatic N) is 1. The molecule has 0 spiro atoms. The number of carbonyl (C=O) groups excluding carboxylic acids is 1. The first-order chi connectivity index (χ1) is 12.5. The Hall–Kier alpha value is -2.88. The Balaban J connectivity index is 2.08. The van der Waals surface area contributed by atoms with Crippen molar-refractivity contribution in [3.63, 3.8) is 0 Å². The molecule has 0 saturated carbocycles. The zero-order valence-electron chi connectivity index (χ0n) is 15.5. The summed E-state index contributed by atoms with van der Waals surface area (Å²) in [6, 6.07) is 16.5. The largest absolute Gasteiger partial charge is 0.378 e. The monoisotopic (exact) mass is 347 g/mol. The Morgan fingerprint density at radius 3 is 2.58 bits per heavy atom. The molecular formula is C22H25N3O. The zero-order valence-corrected chi connectivity index (χ0v) is 15.5. The van der Waals surface area contributed by atoms with E-state index < -0.39 is 0 Å². The Kier molecular flexibility index (Phi) is 5.21. The minimum Gasteiger partial charge on any atom is -0.378 e. The molecule has 0 unspecified atom stereocenters. The van der Waals surface area contributed by atoms with Crippen LogP contribution in [0.2, 0.25) is 0 Å². The number of fused-ring (bicyclic) bond motifs is 1. The predicted octanol–water partition coefficient (Wildman–Crippen LogP) is 5.04. The molecule has 1 amide bonds. The molecule has 0 fully saturated rings. The molecule has 26 heavy (non-hydrogen) atoms. The molecule has 0 aliphatic carbocycles. The second-order valence-corrected chi connectivity index (χ2v) is 6.70. The number of nitrogens with one attached hydrogen (secondary N) is 2. The molecular weight excluding hydrogens is 322 g/mol. The summed E-state index contributed by atoms with van der Waals surface area (Å²) in [6.45, 7) is 5.64. The number of anilines is 2. The van der Waals surface area contributed by atoms with E-state index in [-0.39, 0.29) is 18.0 Å². The van der Waals surface area contributed by atoms with Crippen molar-refractivity contribution in [3.05, 3.63) is 65.7 Å². The fraction of sp³-hybridized carbons (Fsp3) is 0.273. The number of carbonyl (C=O) groups is 1. The minimum absolute atomic E-state index is 0.0583. The van der Waals surface area contributed by atoms with Crippen molar-refractivity contribution < 1.29 is 4.79 Å². The number of amides is 1. The lowest BCUT2D eigenvalue weighted by Crippen LogP contribution is -2.43. The van der Waals surface area contributed by atoms with Crippen molar-refractivity contribution in [2.24, 2.45) is 0 Å². The highest BCUT2D eigenvalue weighted by molar-refractivity contribution is 6.08. The van der Waals surface area contributed by atoms with E-state index >= 15 is 0 Å². The molecule has 1 heterocycles. The first kappa shape index (κ1) is 17.9. The Morgan fingerprint density at radius 2 is 1.96 bits per heavy atom. The van der Waals surface area contributed by atoms with Crippen molar-refractivity contribution in [2.45, 2.75) is 39.3 Å². The standard InChI is InChI=1S/C22H25N3O/c1-4-17(14-23)18-10-11-22-20(13-18)21(12-15(2)25(22)16(3)26)24-19-8-6-5-7-9-19/h4-11,13-15,21,23-24H,12H2,1-3H3/b17-4+,23-14?/t15-,21+/m0/s1. The molecule has 3 rings (SSSR count). The topological polar surface area (TPSA) is 56.2 Å². The average Bonchev–Trinajstić information content (AvgIpc) is 2.63. The number of hydrogen-bond acceptors (Lipinski definition) is 3. The molecule has 2 atom stereocenters. The van der Waals surface area contributed by atoms with E-state index in [0.29, 0.717) is 0 Å². The molecule has 2 aromatic rings. The van der Waals surface area contributed by atoms with Gasteiger partial charge in [-0.25, -0.2) is 0 Å². The molecule has 134 valence electrons. The zero-order chi connectivity index (χ0) is 18.7. The lowest BCUT2D eigenvalue weighted by atomic mass is 9.89. The van der Waals surface area contributed by atoms with Crippen LogP contribution in [0.5, 0.6) is 0 Å². The third-order valence-corrected chi connectivity index (χ3v) is 4.93. The summed E-state index contributed by atoms with van der Waals surface area (Å²) < 4.78 is 0. The van der Waals surface area contributed by atoms with Gasteiger partial charge >= 0.3 is 0 Å². The van der Waals surface area contributed by atoms with Gasteiger partial charge in [0.2, 0.25) is 5.91 Å². The highest BCUT2D eigenvalue weighted by atomic mass is 16.2. The fourth-order valence-corrected chi connectivity index (χ4v) is 3.73. The van der Waals surface area contributed by atoms with Gasteiger partial charge in [-0.05, 0) is 61.2 Å². The summed E-state index contributed by atoms with van der Waals surface area (Å²) in [7, 11) is 0. The van der Waals surface area contributed by atoms with Gasteiger partial charge < -0.3 is 15.6 Å². The normalized spacial score (nSPS) is 19.7. The van der Waals surface area contributed by atoms with Crippen LogP contribution in [-0.2, 0) is 4.79 Å². The van der Waals surface area contributed by atoms with Crippen LogP contribution in [0.4, 0.5) is 11.4 Å². The second kappa shape index (κ2) is 7.56. The SMILES string of the molecule is C/C=C(\C=N)c1ccc2c(c1)[C@H](Nc1ccccc1)C[C@H](C)N2C(C)=O.